The quantitative estimate of drug-likeness (QED) is 0.784. The highest BCUT2D eigenvalue weighted by Crippen LogP contribution is 2.28. The van der Waals surface area contributed by atoms with Crippen molar-refractivity contribution in [3.8, 4) is 5.75 Å². The Bertz CT molecular complexity index is 887. The molecule has 0 aromatic heterocycles. The SMILES string of the molecule is O=S1(=O)CCN2N=C(Cl)C=C(c3ccc(OC4CCOCC4)cc3)C2=N1. The molecule has 1 aromatic rings. The van der Waals surface area contributed by atoms with Gasteiger partial charge in [0.25, 0.3) is 10.0 Å². The van der Waals surface area contributed by atoms with E-state index < -0.39 is 10.0 Å². The zero-order chi connectivity index (χ0) is 18.1. The van der Waals surface area contributed by atoms with Gasteiger partial charge in [-0.05, 0) is 23.8 Å². The lowest BCUT2D eigenvalue weighted by Gasteiger charge is -2.28. The lowest BCUT2D eigenvalue weighted by Crippen LogP contribution is -2.38. The van der Waals surface area contributed by atoms with E-state index in [2.05, 4.69) is 9.50 Å². The van der Waals surface area contributed by atoms with Crippen LogP contribution in [-0.2, 0) is 14.8 Å². The molecule has 0 amide bonds. The van der Waals surface area contributed by atoms with E-state index in [1.807, 2.05) is 24.3 Å². The number of hydrazone groups is 1. The maximum atomic E-state index is 11.9. The van der Waals surface area contributed by atoms with Crippen LogP contribution in [0.2, 0.25) is 0 Å². The van der Waals surface area contributed by atoms with Crippen LogP contribution < -0.4 is 4.74 Å². The van der Waals surface area contributed by atoms with Crippen molar-refractivity contribution in [3.05, 3.63) is 35.9 Å². The molecule has 0 spiro atoms. The minimum Gasteiger partial charge on any atom is -0.490 e. The Labute approximate surface area is 157 Å². The van der Waals surface area contributed by atoms with Crippen LogP contribution in [0, 0.1) is 0 Å². The monoisotopic (exact) mass is 395 g/mol. The third-order valence-electron chi connectivity index (χ3n) is 4.39. The van der Waals surface area contributed by atoms with Gasteiger partial charge in [0, 0.05) is 18.4 Å². The third-order valence-corrected chi connectivity index (χ3v) is 5.72. The summed E-state index contributed by atoms with van der Waals surface area (Å²) in [6, 6.07) is 7.48. The Morgan fingerprint density at radius 2 is 1.92 bits per heavy atom. The number of sulfonamides is 1. The Hall–Kier alpha value is -1.90. The fraction of sp³-hybridized carbons (Fsp3) is 0.412. The molecule has 0 bridgehead atoms. The van der Waals surface area contributed by atoms with Crippen molar-refractivity contribution in [1.29, 1.82) is 0 Å². The van der Waals surface area contributed by atoms with E-state index in [4.69, 9.17) is 21.1 Å². The van der Waals surface area contributed by atoms with E-state index >= 15 is 0 Å². The summed E-state index contributed by atoms with van der Waals surface area (Å²) in [6.45, 7) is 1.68. The molecule has 0 N–H and O–H groups in total. The second-order valence-electron chi connectivity index (χ2n) is 6.26. The number of fused-ring (bicyclic) bond motifs is 1. The fourth-order valence-corrected chi connectivity index (χ4v) is 4.21. The molecule has 3 aliphatic heterocycles. The minimum absolute atomic E-state index is 0.0741. The van der Waals surface area contributed by atoms with Crippen LogP contribution in [0.3, 0.4) is 0 Å². The van der Waals surface area contributed by atoms with Crippen molar-refractivity contribution in [3.63, 3.8) is 0 Å². The van der Waals surface area contributed by atoms with Crippen LogP contribution >= 0.6 is 11.6 Å². The molecule has 1 saturated heterocycles. The van der Waals surface area contributed by atoms with Gasteiger partial charge in [0.15, 0.2) is 5.84 Å². The highest BCUT2D eigenvalue weighted by atomic mass is 35.5. The van der Waals surface area contributed by atoms with E-state index in [9.17, 15) is 8.42 Å². The Morgan fingerprint density at radius 1 is 1.19 bits per heavy atom. The average Bonchev–Trinajstić information content (AvgIpc) is 2.63. The molecular formula is C17H18ClN3O4S. The van der Waals surface area contributed by atoms with Crippen molar-refractivity contribution in [1.82, 2.24) is 5.01 Å². The third kappa shape index (κ3) is 3.77. The second-order valence-corrected chi connectivity index (χ2v) is 8.40. The average molecular weight is 396 g/mol. The molecule has 138 valence electrons. The molecule has 0 atom stereocenters. The van der Waals surface area contributed by atoms with Crippen molar-refractivity contribution in [2.24, 2.45) is 9.50 Å². The first-order valence-corrected chi connectivity index (χ1v) is 10.4. The maximum absolute atomic E-state index is 11.9. The van der Waals surface area contributed by atoms with Gasteiger partial charge in [-0.15, -0.1) is 4.40 Å². The minimum atomic E-state index is -3.48. The van der Waals surface area contributed by atoms with Gasteiger partial charge in [0.2, 0.25) is 0 Å². The van der Waals surface area contributed by atoms with E-state index in [-0.39, 0.29) is 18.4 Å². The summed E-state index contributed by atoms with van der Waals surface area (Å²) >= 11 is 6.10. The molecular weight excluding hydrogens is 378 g/mol. The molecule has 9 heteroatoms. The summed E-state index contributed by atoms with van der Waals surface area (Å²) < 4.78 is 39.0. The van der Waals surface area contributed by atoms with Crippen LogP contribution in [-0.4, -0.2) is 56.0 Å². The lowest BCUT2D eigenvalue weighted by molar-refractivity contribution is 0.0256. The molecule has 0 aliphatic carbocycles. The fourth-order valence-electron chi connectivity index (χ4n) is 3.06. The van der Waals surface area contributed by atoms with E-state index in [0.29, 0.717) is 16.6 Å². The summed E-state index contributed by atoms with van der Waals surface area (Å²) in [5.74, 6) is 1.00. The molecule has 0 unspecified atom stereocenters. The number of rotatable bonds is 3. The van der Waals surface area contributed by atoms with Crippen molar-refractivity contribution < 1.29 is 17.9 Å². The van der Waals surface area contributed by atoms with E-state index in [1.165, 1.54) is 5.01 Å². The first-order chi connectivity index (χ1) is 12.5. The molecule has 0 radical (unpaired) electrons. The van der Waals surface area contributed by atoms with E-state index in [0.717, 1.165) is 37.4 Å². The summed E-state index contributed by atoms with van der Waals surface area (Å²) in [5, 5.41) is 5.97. The Balaban J connectivity index is 1.59. The highest BCUT2D eigenvalue weighted by Gasteiger charge is 2.30. The number of hydrogen-bond acceptors (Lipinski definition) is 6. The smallest absolute Gasteiger partial charge is 0.256 e. The van der Waals surface area contributed by atoms with Crippen LogP contribution in [0.4, 0.5) is 0 Å². The highest BCUT2D eigenvalue weighted by molar-refractivity contribution is 7.90. The summed E-state index contributed by atoms with van der Waals surface area (Å²) in [5.41, 5.74) is 1.43. The molecule has 4 rings (SSSR count). The number of halogens is 1. The van der Waals surface area contributed by atoms with Crippen molar-refractivity contribution in [2.75, 3.05) is 25.5 Å². The molecule has 3 aliphatic rings. The number of amidine groups is 1. The number of hydrogen-bond donors (Lipinski definition) is 0. The molecule has 1 aromatic carbocycles. The second kappa shape index (κ2) is 7.02. The zero-order valence-corrected chi connectivity index (χ0v) is 15.5. The van der Waals surface area contributed by atoms with Gasteiger partial charge in [0.1, 0.15) is 17.0 Å². The van der Waals surface area contributed by atoms with Gasteiger partial charge < -0.3 is 9.47 Å². The normalized spacial score (nSPS) is 22.8. The van der Waals surface area contributed by atoms with Gasteiger partial charge in [-0.3, -0.25) is 0 Å². The molecule has 3 heterocycles. The zero-order valence-electron chi connectivity index (χ0n) is 14.0. The number of benzene rings is 1. The van der Waals surface area contributed by atoms with Crippen molar-refractivity contribution >= 4 is 38.2 Å². The van der Waals surface area contributed by atoms with Crippen LogP contribution in [0.1, 0.15) is 18.4 Å². The lowest BCUT2D eigenvalue weighted by atomic mass is 10.0. The molecule has 7 nitrogen and oxygen atoms in total. The van der Waals surface area contributed by atoms with Crippen molar-refractivity contribution in [2.45, 2.75) is 18.9 Å². The first kappa shape index (κ1) is 17.5. The topological polar surface area (TPSA) is 80.6 Å². The van der Waals surface area contributed by atoms with Crippen LogP contribution in [0.5, 0.6) is 5.75 Å². The summed E-state index contributed by atoms with van der Waals surface area (Å²) in [7, 11) is -3.48. The number of ether oxygens (including phenoxy) is 2. The first-order valence-electron chi connectivity index (χ1n) is 8.41. The number of allylic oxidation sites excluding steroid dienone is 1. The van der Waals surface area contributed by atoms with Gasteiger partial charge >= 0.3 is 0 Å². The summed E-state index contributed by atoms with van der Waals surface area (Å²) in [6.07, 6.45) is 3.55. The van der Waals surface area contributed by atoms with Gasteiger partial charge in [0.05, 0.1) is 25.5 Å². The Kier molecular flexibility index (Phi) is 4.73. The molecule has 26 heavy (non-hydrogen) atoms. The predicted molar refractivity (Wildman–Crippen MR) is 100 cm³/mol. The predicted octanol–water partition coefficient (Wildman–Crippen LogP) is 2.24. The van der Waals surface area contributed by atoms with E-state index in [1.54, 1.807) is 6.08 Å². The van der Waals surface area contributed by atoms with Gasteiger partial charge in [-0.25, -0.2) is 13.4 Å². The largest absolute Gasteiger partial charge is 0.490 e. The molecule has 1 fully saturated rings. The molecule has 0 saturated carbocycles. The summed E-state index contributed by atoms with van der Waals surface area (Å²) in [4.78, 5) is 0. The maximum Gasteiger partial charge on any atom is 0.256 e. The van der Waals surface area contributed by atoms with Gasteiger partial charge in [-0.2, -0.15) is 5.10 Å². The van der Waals surface area contributed by atoms with Crippen LogP contribution in [0.25, 0.3) is 5.57 Å². The number of nitrogens with zero attached hydrogens (tertiary/aromatic N) is 3. The van der Waals surface area contributed by atoms with Gasteiger partial charge in [-0.1, -0.05) is 23.7 Å². The van der Waals surface area contributed by atoms with Crippen LogP contribution in [0.15, 0.2) is 39.8 Å². The standard InChI is InChI=1S/C17H18ClN3O4S/c18-16-11-15(17-20-26(22,23)10-7-21(17)19-16)12-1-3-13(4-2-12)25-14-5-8-24-9-6-14/h1-4,11,14H,5-10H2. The Morgan fingerprint density at radius 3 is 2.65 bits per heavy atom.